The molecule has 1 aliphatic heterocycles. The van der Waals surface area contributed by atoms with Crippen LogP contribution in [-0.4, -0.2) is 39.4 Å². The van der Waals surface area contributed by atoms with Gasteiger partial charge in [-0.1, -0.05) is 6.92 Å². The first kappa shape index (κ1) is 15.1. The van der Waals surface area contributed by atoms with Crippen molar-refractivity contribution < 1.29 is 8.42 Å². The van der Waals surface area contributed by atoms with Crippen LogP contribution in [0.2, 0.25) is 0 Å². The van der Waals surface area contributed by atoms with E-state index in [2.05, 4.69) is 11.8 Å². The Morgan fingerprint density at radius 2 is 2.10 bits per heavy atom. The molecule has 1 aromatic rings. The fraction of sp³-hybridized carbons (Fsp3) is 0.571. The number of anilines is 2. The molecule has 0 amide bonds. The van der Waals surface area contributed by atoms with E-state index in [1.54, 1.807) is 18.2 Å². The van der Waals surface area contributed by atoms with Gasteiger partial charge >= 0.3 is 0 Å². The molecule has 1 aromatic carbocycles. The van der Waals surface area contributed by atoms with Crippen LogP contribution in [0.5, 0.6) is 0 Å². The summed E-state index contributed by atoms with van der Waals surface area (Å²) in [6, 6.07) is 5.43. The number of sulfonamides is 1. The zero-order chi connectivity index (χ0) is 14.9. The van der Waals surface area contributed by atoms with E-state index >= 15 is 0 Å². The summed E-state index contributed by atoms with van der Waals surface area (Å²) in [4.78, 5) is 2.54. The maximum absolute atomic E-state index is 12.2. The zero-order valence-corrected chi connectivity index (χ0v) is 13.2. The molecule has 1 heterocycles. The summed E-state index contributed by atoms with van der Waals surface area (Å²) >= 11 is 0. The van der Waals surface area contributed by atoms with E-state index in [9.17, 15) is 8.42 Å². The van der Waals surface area contributed by atoms with Crippen LogP contribution >= 0.6 is 0 Å². The van der Waals surface area contributed by atoms with Gasteiger partial charge in [0.25, 0.3) is 0 Å². The second-order valence-electron chi connectivity index (χ2n) is 5.41. The molecule has 2 N–H and O–H groups in total. The number of nitrogens with two attached hydrogens (primary N) is 1. The summed E-state index contributed by atoms with van der Waals surface area (Å²) < 4.78 is 25.7. The molecule has 20 heavy (non-hydrogen) atoms. The molecule has 2 rings (SSSR count). The van der Waals surface area contributed by atoms with Crippen molar-refractivity contribution in [2.75, 3.05) is 31.3 Å². The number of benzene rings is 1. The largest absolute Gasteiger partial charge is 0.397 e. The highest BCUT2D eigenvalue weighted by atomic mass is 32.2. The van der Waals surface area contributed by atoms with Crippen LogP contribution in [0.25, 0.3) is 0 Å². The van der Waals surface area contributed by atoms with Crippen LogP contribution in [0, 0.1) is 0 Å². The summed E-state index contributed by atoms with van der Waals surface area (Å²) in [5.41, 5.74) is 7.54. The molecule has 112 valence electrons. The molecule has 6 heteroatoms. The molecular weight excluding hydrogens is 274 g/mol. The smallest absolute Gasteiger partial charge is 0.242 e. The van der Waals surface area contributed by atoms with Crippen molar-refractivity contribution in [1.82, 2.24) is 4.31 Å². The van der Waals surface area contributed by atoms with Crippen LogP contribution in [0.4, 0.5) is 11.4 Å². The summed E-state index contributed by atoms with van der Waals surface area (Å²) in [5.74, 6) is 0. The average molecular weight is 297 g/mol. The molecule has 0 spiro atoms. The Morgan fingerprint density at radius 1 is 1.40 bits per heavy atom. The van der Waals surface area contributed by atoms with Gasteiger partial charge in [-0.25, -0.2) is 12.7 Å². The Bertz CT molecular complexity index is 584. The highest BCUT2D eigenvalue weighted by Crippen LogP contribution is 2.33. The predicted molar refractivity (Wildman–Crippen MR) is 82.4 cm³/mol. The van der Waals surface area contributed by atoms with Gasteiger partial charge in [0.2, 0.25) is 10.0 Å². The molecule has 1 saturated heterocycles. The van der Waals surface area contributed by atoms with Crippen molar-refractivity contribution in [3.63, 3.8) is 0 Å². The van der Waals surface area contributed by atoms with E-state index in [1.165, 1.54) is 18.4 Å². The summed E-state index contributed by atoms with van der Waals surface area (Å²) in [7, 11) is -0.343. The van der Waals surface area contributed by atoms with Crippen molar-refractivity contribution in [1.29, 1.82) is 0 Å². The Balaban J connectivity index is 2.45. The summed E-state index contributed by atoms with van der Waals surface area (Å²) in [6.07, 6.45) is 3.31. The first-order chi connectivity index (χ1) is 9.37. The number of nitrogen functional groups attached to an aromatic ring is 1. The van der Waals surface area contributed by atoms with Crippen molar-refractivity contribution in [2.24, 2.45) is 0 Å². The molecule has 0 bridgehead atoms. The van der Waals surface area contributed by atoms with Gasteiger partial charge < -0.3 is 10.6 Å². The average Bonchev–Trinajstić information content (AvgIpc) is 2.86. The van der Waals surface area contributed by atoms with E-state index in [0.717, 1.165) is 31.5 Å². The number of nitrogens with zero attached hydrogens (tertiary/aromatic N) is 2. The fourth-order valence-electron chi connectivity index (χ4n) is 2.72. The van der Waals surface area contributed by atoms with Crippen molar-refractivity contribution >= 4 is 21.4 Å². The molecule has 0 saturated carbocycles. The van der Waals surface area contributed by atoms with Crippen LogP contribution < -0.4 is 10.6 Å². The monoisotopic (exact) mass is 297 g/mol. The normalized spacial score (nSPS) is 19.8. The predicted octanol–water partition coefficient (Wildman–Crippen LogP) is 1.90. The lowest BCUT2D eigenvalue weighted by Gasteiger charge is -2.28. The highest BCUT2D eigenvalue weighted by molar-refractivity contribution is 7.89. The van der Waals surface area contributed by atoms with Crippen LogP contribution in [0.3, 0.4) is 0 Å². The number of hydrogen-bond donors (Lipinski definition) is 1. The lowest BCUT2D eigenvalue weighted by molar-refractivity contribution is 0.520. The molecule has 0 aliphatic carbocycles. The quantitative estimate of drug-likeness (QED) is 0.862. The van der Waals surface area contributed by atoms with Crippen LogP contribution in [0.15, 0.2) is 23.1 Å². The third kappa shape index (κ3) is 2.62. The number of hydrogen-bond acceptors (Lipinski definition) is 4. The molecule has 5 nitrogen and oxygen atoms in total. The summed E-state index contributed by atoms with van der Waals surface area (Å²) in [6.45, 7) is 3.09. The second-order valence-corrected chi connectivity index (χ2v) is 7.56. The Labute approximate surface area is 121 Å². The molecule has 1 atom stereocenters. The van der Waals surface area contributed by atoms with Gasteiger partial charge in [0, 0.05) is 26.7 Å². The van der Waals surface area contributed by atoms with E-state index in [0.29, 0.717) is 16.6 Å². The van der Waals surface area contributed by atoms with Crippen LogP contribution in [0.1, 0.15) is 26.2 Å². The summed E-state index contributed by atoms with van der Waals surface area (Å²) in [5, 5.41) is 0. The minimum atomic E-state index is -3.42. The zero-order valence-electron chi connectivity index (χ0n) is 12.3. The van der Waals surface area contributed by atoms with E-state index in [4.69, 9.17) is 5.73 Å². The maximum atomic E-state index is 12.2. The first-order valence-corrected chi connectivity index (χ1v) is 8.40. The van der Waals surface area contributed by atoms with Crippen molar-refractivity contribution in [3.05, 3.63) is 18.2 Å². The fourth-order valence-corrected chi connectivity index (χ4v) is 3.64. The standard InChI is InChI=1S/C14H23N3O2S/c1-4-11-6-5-9-17(11)14-10-12(7-8-13(14)15)20(18,19)16(2)3/h7-8,10-11H,4-6,9,15H2,1-3H3. The Hall–Kier alpha value is -1.27. The van der Waals surface area contributed by atoms with Gasteiger partial charge in [0.1, 0.15) is 0 Å². The minimum Gasteiger partial charge on any atom is -0.397 e. The van der Waals surface area contributed by atoms with Gasteiger partial charge in [-0.2, -0.15) is 0 Å². The molecule has 1 unspecified atom stereocenters. The Morgan fingerprint density at radius 3 is 2.70 bits per heavy atom. The van der Waals surface area contributed by atoms with Crippen LogP contribution in [-0.2, 0) is 10.0 Å². The van der Waals surface area contributed by atoms with Crippen molar-refractivity contribution in [2.45, 2.75) is 37.1 Å². The van der Waals surface area contributed by atoms with Gasteiger partial charge in [-0.3, -0.25) is 0 Å². The lowest BCUT2D eigenvalue weighted by atomic mass is 10.1. The third-order valence-electron chi connectivity index (χ3n) is 3.94. The molecule has 1 fully saturated rings. The maximum Gasteiger partial charge on any atom is 0.242 e. The van der Waals surface area contributed by atoms with Gasteiger partial charge in [0.15, 0.2) is 0 Å². The van der Waals surface area contributed by atoms with Crippen molar-refractivity contribution in [3.8, 4) is 0 Å². The molecular formula is C14H23N3O2S. The number of rotatable bonds is 4. The van der Waals surface area contributed by atoms with E-state index in [1.807, 2.05) is 0 Å². The highest BCUT2D eigenvalue weighted by Gasteiger charge is 2.26. The van der Waals surface area contributed by atoms with Gasteiger partial charge in [-0.05, 0) is 37.5 Å². The molecule has 1 aliphatic rings. The minimum absolute atomic E-state index is 0.299. The SMILES string of the molecule is CCC1CCCN1c1cc(S(=O)(=O)N(C)C)ccc1N. The molecule has 0 radical (unpaired) electrons. The van der Waals surface area contributed by atoms with E-state index in [-0.39, 0.29) is 0 Å². The third-order valence-corrected chi connectivity index (χ3v) is 5.75. The first-order valence-electron chi connectivity index (χ1n) is 6.96. The topological polar surface area (TPSA) is 66.6 Å². The molecule has 0 aromatic heterocycles. The van der Waals surface area contributed by atoms with E-state index < -0.39 is 10.0 Å². The second kappa shape index (κ2) is 5.61. The Kier molecular flexibility index (Phi) is 4.25. The van der Waals surface area contributed by atoms with Gasteiger partial charge in [0.05, 0.1) is 16.3 Å². The lowest BCUT2D eigenvalue weighted by Crippen LogP contribution is -2.29. The van der Waals surface area contributed by atoms with Gasteiger partial charge in [-0.15, -0.1) is 0 Å².